The van der Waals surface area contributed by atoms with Gasteiger partial charge >= 0.3 is 0 Å². The van der Waals surface area contributed by atoms with Crippen LogP contribution in [0.4, 0.5) is 4.39 Å². The second-order valence-corrected chi connectivity index (χ2v) is 4.90. The molecule has 0 aliphatic carbocycles. The topological polar surface area (TPSA) is 9.23 Å². The smallest absolute Gasteiger partial charge is 0.167 e. The van der Waals surface area contributed by atoms with E-state index in [9.17, 15) is 4.39 Å². The fraction of sp³-hybridized carbons (Fsp3) is 0.0769. The molecule has 0 aliphatic heterocycles. The van der Waals surface area contributed by atoms with Gasteiger partial charge in [0.15, 0.2) is 11.6 Å². The van der Waals surface area contributed by atoms with E-state index in [1.54, 1.807) is 6.07 Å². The Bertz CT molecular complexity index is 557. The van der Waals surface area contributed by atoms with Gasteiger partial charge in [-0.25, -0.2) is 4.39 Å². The minimum Gasteiger partial charge on any atom is -0.453 e. The van der Waals surface area contributed by atoms with Gasteiger partial charge in [0, 0.05) is 5.02 Å². The Morgan fingerprint density at radius 1 is 1.12 bits per heavy atom. The van der Waals surface area contributed by atoms with Gasteiger partial charge in [-0.3, -0.25) is 0 Å². The lowest BCUT2D eigenvalue weighted by molar-refractivity contribution is 0.440. The highest BCUT2D eigenvalue weighted by Crippen LogP contribution is 2.32. The molecule has 0 heterocycles. The summed E-state index contributed by atoms with van der Waals surface area (Å²) in [5, 5.41) is 0.346. The van der Waals surface area contributed by atoms with Gasteiger partial charge in [-0.05, 0) is 58.7 Å². The summed E-state index contributed by atoms with van der Waals surface area (Å²) in [6, 6.07) is 9.95. The Hall–Kier alpha value is -1.06. The first-order valence-corrected chi connectivity index (χ1v) is 6.12. The highest BCUT2D eigenvalue weighted by Gasteiger charge is 2.08. The Balaban J connectivity index is 2.34. The van der Waals surface area contributed by atoms with Crippen molar-refractivity contribution in [2.75, 3.05) is 0 Å². The second kappa shape index (κ2) is 5.07. The molecular formula is C13H9BrClFO. The van der Waals surface area contributed by atoms with E-state index in [0.717, 1.165) is 10.0 Å². The van der Waals surface area contributed by atoms with Gasteiger partial charge in [-0.15, -0.1) is 0 Å². The lowest BCUT2D eigenvalue weighted by Crippen LogP contribution is -1.89. The van der Waals surface area contributed by atoms with Gasteiger partial charge in [0.05, 0.1) is 4.47 Å². The van der Waals surface area contributed by atoms with Crippen LogP contribution in [-0.2, 0) is 0 Å². The summed E-state index contributed by atoms with van der Waals surface area (Å²) in [4.78, 5) is 0. The molecule has 4 heteroatoms. The van der Waals surface area contributed by atoms with Crippen molar-refractivity contribution in [1.29, 1.82) is 0 Å². The largest absolute Gasteiger partial charge is 0.453 e. The maximum Gasteiger partial charge on any atom is 0.167 e. The summed E-state index contributed by atoms with van der Waals surface area (Å²) in [5.41, 5.74) is 1.04. The maximum absolute atomic E-state index is 13.5. The highest BCUT2D eigenvalue weighted by atomic mass is 79.9. The van der Waals surface area contributed by atoms with Crippen LogP contribution in [0.5, 0.6) is 11.5 Å². The first-order chi connectivity index (χ1) is 8.06. The van der Waals surface area contributed by atoms with Gasteiger partial charge < -0.3 is 4.74 Å². The van der Waals surface area contributed by atoms with Gasteiger partial charge in [0.2, 0.25) is 0 Å². The first-order valence-electron chi connectivity index (χ1n) is 4.95. The van der Waals surface area contributed by atoms with Gasteiger partial charge in [0.1, 0.15) is 5.75 Å². The lowest BCUT2D eigenvalue weighted by Gasteiger charge is -2.09. The zero-order chi connectivity index (χ0) is 12.4. The van der Waals surface area contributed by atoms with Crippen LogP contribution in [0, 0.1) is 12.7 Å². The van der Waals surface area contributed by atoms with Crippen LogP contribution in [0.15, 0.2) is 40.9 Å². The zero-order valence-corrected chi connectivity index (χ0v) is 11.3. The first kappa shape index (κ1) is 12.4. The molecule has 0 atom stereocenters. The summed E-state index contributed by atoms with van der Waals surface area (Å²) >= 11 is 9.03. The van der Waals surface area contributed by atoms with E-state index >= 15 is 0 Å². The molecule has 0 spiro atoms. The van der Waals surface area contributed by atoms with Crippen molar-refractivity contribution >= 4 is 27.5 Å². The summed E-state index contributed by atoms with van der Waals surface area (Å²) in [6.45, 7) is 1.94. The fourth-order valence-electron chi connectivity index (χ4n) is 1.37. The third kappa shape index (κ3) is 2.99. The normalized spacial score (nSPS) is 10.4. The van der Waals surface area contributed by atoms with E-state index < -0.39 is 5.82 Å². The summed E-state index contributed by atoms with van der Waals surface area (Å²) in [5.74, 6) is 0.248. The SMILES string of the molecule is Cc1ccc(Br)c(Oc2ccc(Cl)cc2F)c1. The molecule has 0 saturated heterocycles. The van der Waals surface area contributed by atoms with Gasteiger partial charge in [0.25, 0.3) is 0 Å². The van der Waals surface area contributed by atoms with Gasteiger partial charge in [-0.1, -0.05) is 17.7 Å². The average Bonchev–Trinajstić information content (AvgIpc) is 2.27. The lowest BCUT2D eigenvalue weighted by atomic mass is 10.2. The number of aryl methyl sites for hydroxylation is 1. The van der Waals surface area contributed by atoms with E-state index in [1.807, 2.05) is 25.1 Å². The molecule has 0 radical (unpaired) electrons. The standard InChI is InChI=1S/C13H9BrClFO/c1-8-2-4-10(14)13(6-8)17-12-5-3-9(15)7-11(12)16/h2-7H,1H3. The molecule has 0 unspecified atom stereocenters. The Morgan fingerprint density at radius 3 is 2.59 bits per heavy atom. The molecule has 0 fully saturated rings. The predicted molar refractivity (Wildman–Crippen MR) is 70.4 cm³/mol. The van der Waals surface area contributed by atoms with Crippen LogP contribution < -0.4 is 4.74 Å². The third-order valence-electron chi connectivity index (χ3n) is 2.20. The molecule has 0 N–H and O–H groups in total. The molecule has 0 bridgehead atoms. The zero-order valence-electron chi connectivity index (χ0n) is 9.01. The van der Waals surface area contributed by atoms with E-state index in [4.69, 9.17) is 16.3 Å². The Labute approximate surface area is 112 Å². The third-order valence-corrected chi connectivity index (χ3v) is 3.09. The van der Waals surface area contributed by atoms with Crippen molar-refractivity contribution in [1.82, 2.24) is 0 Å². The Kier molecular flexibility index (Phi) is 3.69. The summed E-state index contributed by atoms with van der Waals surface area (Å²) < 4.78 is 19.8. The van der Waals surface area contributed by atoms with Gasteiger partial charge in [-0.2, -0.15) is 0 Å². The number of hydrogen-bond donors (Lipinski definition) is 0. The predicted octanol–water partition coefficient (Wildman–Crippen LogP) is 5.34. The van der Waals surface area contributed by atoms with Crippen LogP contribution in [-0.4, -0.2) is 0 Å². The molecule has 0 amide bonds. The molecule has 2 rings (SSSR count). The molecule has 0 aliphatic rings. The van der Waals surface area contributed by atoms with Crippen molar-refractivity contribution in [3.8, 4) is 11.5 Å². The number of ether oxygens (including phenoxy) is 1. The molecular weight excluding hydrogens is 306 g/mol. The van der Waals surface area contributed by atoms with Crippen molar-refractivity contribution in [2.24, 2.45) is 0 Å². The highest BCUT2D eigenvalue weighted by molar-refractivity contribution is 9.10. The van der Waals surface area contributed by atoms with E-state index in [2.05, 4.69) is 15.9 Å². The van der Waals surface area contributed by atoms with E-state index in [0.29, 0.717) is 10.8 Å². The minimum absolute atomic E-state index is 0.153. The van der Waals surface area contributed by atoms with Crippen LogP contribution in [0.2, 0.25) is 5.02 Å². The monoisotopic (exact) mass is 314 g/mol. The number of halogens is 3. The number of rotatable bonds is 2. The van der Waals surface area contributed by atoms with Crippen molar-refractivity contribution in [3.05, 3.63) is 57.3 Å². The molecule has 0 saturated carbocycles. The average molecular weight is 316 g/mol. The van der Waals surface area contributed by atoms with Crippen molar-refractivity contribution < 1.29 is 9.13 Å². The van der Waals surface area contributed by atoms with Crippen LogP contribution >= 0.6 is 27.5 Å². The number of benzene rings is 2. The molecule has 2 aromatic rings. The quantitative estimate of drug-likeness (QED) is 0.726. The van der Waals surface area contributed by atoms with Crippen molar-refractivity contribution in [2.45, 2.75) is 6.92 Å². The molecule has 2 aromatic carbocycles. The fourth-order valence-corrected chi connectivity index (χ4v) is 1.85. The minimum atomic E-state index is -0.481. The van der Waals surface area contributed by atoms with Crippen LogP contribution in [0.25, 0.3) is 0 Å². The summed E-state index contributed by atoms with van der Waals surface area (Å²) in [6.07, 6.45) is 0. The van der Waals surface area contributed by atoms with E-state index in [-0.39, 0.29) is 5.75 Å². The summed E-state index contributed by atoms with van der Waals surface area (Å²) in [7, 11) is 0. The number of hydrogen-bond acceptors (Lipinski definition) is 1. The molecule has 17 heavy (non-hydrogen) atoms. The maximum atomic E-state index is 13.5. The molecule has 88 valence electrons. The van der Waals surface area contributed by atoms with E-state index in [1.165, 1.54) is 12.1 Å². The molecule has 1 nitrogen and oxygen atoms in total. The molecule has 0 aromatic heterocycles. The Morgan fingerprint density at radius 2 is 1.88 bits per heavy atom. The van der Waals surface area contributed by atoms with Crippen LogP contribution in [0.1, 0.15) is 5.56 Å². The van der Waals surface area contributed by atoms with Crippen LogP contribution in [0.3, 0.4) is 0 Å². The second-order valence-electron chi connectivity index (χ2n) is 3.61. The van der Waals surface area contributed by atoms with Crippen molar-refractivity contribution in [3.63, 3.8) is 0 Å².